The van der Waals surface area contributed by atoms with E-state index in [1.807, 2.05) is 20.0 Å². The minimum Gasteiger partial charge on any atom is -0.465 e. The van der Waals surface area contributed by atoms with Crippen molar-refractivity contribution >= 4 is 23.3 Å². The van der Waals surface area contributed by atoms with Gasteiger partial charge in [-0.2, -0.15) is 0 Å². The second-order valence-electron chi connectivity index (χ2n) is 5.04. The molecule has 0 saturated carbocycles. The summed E-state index contributed by atoms with van der Waals surface area (Å²) in [6.07, 6.45) is 1.96. The van der Waals surface area contributed by atoms with Gasteiger partial charge in [-0.25, -0.2) is 4.79 Å². The number of carbonyl (C=O) groups excluding carboxylic acids is 1. The molecule has 1 saturated heterocycles. The molecule has 0 bridgehead atoms. The molecule has 1 aliphatic rings. The van der Waals surface area contributed by atoms with Crippen LogP contribution in [0.2, 0.25) is 5.02 Å². The van der Waals surface area contributed by atoms with Crippen LogP contribution >= 0.6 is 11.6 Å². The van der Waals surface area contributed by atoms with Crippen molar-refractivity contribution in [2.75, 3.05) is 32.3 Å². The van der Waals surface area contributed by atoms with E-state index in [1.165, 1.54) is 7.11 Å². The number of carbonyl (C=O) groups is 1. The molecule has 0 radical (unpaired) electrons. The number of rotatable bonds is 3. The second kappa shape index (κ2) is 6.46. The summed E-state index contributed by atoms with van der Waals surface area (Å²) < 4.78 is 10.2. The topological polar surface area (TPSA) is 38.8 Å². The fraction of sp³-hybridized carbons (Fsp3) is 0.533. The van der Waals surface area contributed by atoms with Crippen molar-refractivity contribution in [2.45, 2.75) is 25.8 Å². The standard InChI is InChI=1S/C15H20ClNO3/c1-10-13(15(18)19-3)8-11(16)9-14(10)17(2)12-4-6-20-7-5-12/h8-9,12H,4-7H2,1-3H3. The molecule has 1 aromatic rings. The van der Waals surface area contributed by atoms with Gasteiger partial charge in [-0.05, 0) is 37.5 Å². The molecule has 0 atom stereocenters. The summed E-state index contributed by atoms with van der Waals surface area (Å²) in [5.74, 6) is -0.355. The molecule has 0 aromatic heterocycles. The number of hydrogen-bond acceptors (Lipinski definition) is 4. The average molecular weight is 298 g/mol. The molecule has 20 heavy (non-hydrogen) atoms. The van der Waals surface area contributed by atoms with Gasteiger partial charge in [-0.15, -0.1) is 0 Å². The molecule has 110 valence electrons. The van der Waals surface area contributed by atoms with Gasteiger partial charge >= 0.3 is 5.97 Å². The summed E-state index contributed by atoms with van der Waals surface area (Å²) in [5, 5.41) is 0.546. The van der Waals surface area contributed by atoms with Gasteiger partial charge in [0.05, 0.1) is 12.7 Å². The van der Waals surface area contributed by atoms with Crippen molar-refractivity contribution in [3.05, 3.63) is 28.3 Å². The van der Waals surface area contributed by atoms with Gasteiger partial charge in [-0.1, -0.05) is 11.6 Å². The summed E-state index contributed by atoms with van der Waals surface area (Å²) in [6.45, 7) is 3.48. The Bertz CT molecular complexity index is 498. The molecule has 1 fully saturated rings. The van der Waals surface area contributed by atoms with Crippen molar-refractivity contribution in [1.82, 2.24) is 0 Å². The van der Waals surface area contributed by atoms with E-state index in [1.54, 1.807) is 6.07 Å². The molecule has 0 aliphatic carbocycles. The number of methoxy groups -OCH3 is 1. The maximum atomic E-state index is 11.8. The van der Waals surface area contributed by atoms with E-state index in [4.69, 9.17) is 21.1 Å². The normalized spacial score (nSPS) is 16.0. The number of hydrogen-bond donors (Lipinski definition) is 0. The van der Waals surface area contributed by atoms with Crippen LogP contribution in [0.1, 0.15) is 28.8 Å². The predicted octanol–water partition coefficient (Wildman–Crippen LogP) is 3.05. The third kappa shape index (κ3) is 3.07. The van der Waals surface area contributed by atoms with Gasteiger partial charge in [0.15, 0.2) is 0 Å². The zero-order valence-electron chi connectivity index (χ0n) is 12.1. The van der Waals surface area contributed by atoms with Gasteiger partial charge in [0.2, 0.25) is 0 Å². The lowest BCUT2D eigenvalue weighted by molar-refractivity contribution is 0.0599. The van der Waals surface area contributed by atoms with Gasteiger partial charge in [0.1, 0.15) is 0 Å². The molecule has 0 amide bonds. The van der Waals surface area contributed by atoms with Crippen molar-refractivity contribution < 1.29 is 14.3 Å². The Morgan fingerprint density at radius 2 is 2.05 bits per heavy atom. The highest BCUT2D eigenvalue weighted by Crippen LogP contribution is 2.30. The molecular formula is C15H20ClNO3. The van der Waals surface area contributed by atoms with Crippen molar-refractivity contribution in [3.8, 4) is 0 Å². The Hall–Kier alpha value is -1.26. The van der Waals surface area contributed by atoms with E-state index in [0.717, 1.165) is 37.3 Å². The van der Waals surface area contributed by atoms with Gasteiger partial charge in [0.25, 0.3) is 0 Å². The average Bonchev–Trinajstić information content (AvgIpc) is 2.48. The van der Waals surface area contributed by atoms with Crippen LogP contribution in [0.4, 0.5) is 5.69 Å². The molecule has 0 N–H and O–H groups in total. The van der Waals surface area contributed by atoms with Gasteiger partial charge in [0, 0.05) is 37.0 Å². The summed E-state index contributed by atoms with van der Waals surface area (Å²) in [5.41, 5.74) is 2.40. The van der Waals surface area contributed by atoms with Crippen molar-refractivity contribution in [3.63, 3.8) is 0 Å². The van der Waals surface area contributed by atoms with Crippen molar-refractivity contribution in [1.29, 1.82) is 0 Å². The SMILES string of the molecule is COC(=O)c1cc(Cl)cc(N(C)C2CCOCC2)c1C. The number of anilines is 1. The summed E-state index contributed by atoms with van der Waals surface area (Å²) in [4.78, 5) is 14.0. The van der Waals surface area contributed by atoms with Crippen LogP contribution in [-0.2, 0) is 9.47 Å². The first-order valence-electron chi connectivity index (χ1n) is 6.73. The first kappa shape index (κ1) is 15.1. The molecule has 0 spiro atoms. The van der Waals surface area contributed by atoms with Crippen LogP contribution < -0.4 is 4.90 Å². The lowest BCUT2D eigenvalue weighted by atomic mass is 10.0. The maximum Gasteiger partial charge on any atom is 0.338 e. The number of benzene rings is 1. The highest BCUT2D eigenvalue weighted by Gasteiger charge is 2.22. The Morgan fingerprint density at radius 1 is 1.40 bits per heavy atom. The Kier molecular flexibility index (Phi) is 4.89. The maximum absolute atomic E-state index is 11.8. The van der Waals surface area contributed by atoms with Crippen LogP contribution in [0, 0.1) is 6.92 Å². The molecule has 0 unspecified atom stereocenters. The number of nitrogens with zero attached hydrogens (tertiary/aromatic N) is 1. The van der Waals surface area contributed by atoms with E-state index in [9.17, 15) is 4.79 Å². The highest BCUT2D eigenvalue weighted by molar-refractivity contribution is 6.31. The van der Waals surface area contributed by atoms with E-state index < -0.39 is 0 Å². The van der Waals surface area contributed by atoms with E-state index >= 15 is 0 Å². The Labute approximate surface area is 124 Å². The van der Waals surface area contributed by atoms with E-state index in [2.05, 4.69) is 4.90 Å². The molecule has 2 rings (SSSR count). The van der Waals surface area contributed by atoms with E-state index in [-0.39, 0.29) is 5.97 Å². The number of ether oxygens (including phenoxy) is 2. The smallest absolute Gasteiger partial charge is 0.338 e. The Morgan fingerprint density at radius 3 is 2.65 bits per heavy atom. The zero-order valence-corrected chi connectivity index (χ0v) is 12.9. The largest absolute Gasteiger partial charge is 0.465 e. The third-order valence-electron chi connectivity index (χ3n) is 3.87. The van der Waals surface area contributed by atoms with Crippen molar-refractivity contribution in [2.24, 2.45) is 0 Å². The lowest BCUT2D eigenvalue weighted by Gasteiger charge is -2.34. The second-order valence-corrected chi connectivity index (χ2v) is 5.48. The lowest BCUT2D eigenvalue weighted by Crippen LogP contribution is -2.37. The van der Waals surface area contributed by atoms with Crippen LogP contribution in [0.5, 0.6) is 0 Å². The van der Waals surface area contributed by atoms with E-state index in [0.29, 0.717) is 16.6 Å². The predicted molar refractivity (Wildman–Crippen MR) is 79.8 cm³/mol. The fourth-order valence-corrected chi connectivity index (χ4v) is 2.83. The monoisotopic (exact) mass is 297 g/mol. The first-order valence-corrected chi connectivity index (χ1v) is 7.11. The third-order valence-corrected chi connectivity index (χ3v) is 4.09. The number of esters is 1. The summed E-state index contributed by atoms with van der Waals surface area (Å²) in [7, 11) is 3.42. The van der Waals surface area contributed by atoms with Crippen LogP contribution in [-0.4, -0.2) is 39.4 Å². The molecule has 5 heteroatoms. The summed E-state index contributed by atoms with van der Waals surface area (Å²) >= 11 is 6.15. The molecular weight excluding hydrogens is 278 g/mol. The minimum atomic E-state index is -0.355. The van der Waals surface area contributed by atoms with Gasteiger partial charge < -0.3 is 14.4 Å². The fourth-order valence-electron chi connectivity index (χ4n) is 2.62. The highest BCUT2D eigenvalue weighted by atomic mass is 35.5. The quantitative estimate of drug-likeness (QED) is 0.804. The van der Waals surface area contributed by atoms with Gasteiger partial charge in [-0.3, -0.25) is 0 Å². The molecule has 1 aromatic carbocycles. The molecule has 4 nitrogen and oxygen atoms in total. The first-order chi connectivity index (χ1) is 9.54. The van der Waals surface area contributed by atoms with Crippen LogP contribution in [0.3, 0.4) is 0 Å². The van der Waals surface area contributed by atoms with Crippen LogP contribution in [0.15, 0.2) is 12.1 Å². The molecule has 1 heterocycles. The molecule has 1 aliphatic heterocycles. The number of halogens is 1. The van der Waals surface area contributed by atoms with Crippen LogP contribution in [0.25, 0.3) is 0 Å². The Balaban J connectivity index is 2.35. The zero-order chi connectivity index (χ0) is 14.7. The minimum absolute atomic E-state index is 0.355. The summed E-state index contributed by atoms with van der Waals surface area (Å²) in [6, 6.07) is 3.97.